The van der Waals surface area contributed by atoms with Gasteiger partial charge in [-0.15, -0.1) is 0 Å². The molecule has 0 aliphatic rings. The van der Waals surface area contributed by atoms with Gasteiger partial charge in [-0.1, -0.05) is 41.4 Å². The SMILES string of the molecule is Cc1ccc(C(CC(=O)c2ccc(Cl)cc2)C(C#N)C#N)cc1. The Morgan fingerprint density at radius 3 is 2.13 bits per heavy atom. The number of hydrogen-bond acceptors (Lipinski definition) is 3. The summed E-state index contributed by atoms with van der Waals surface area (Å²) in [5, 5.41) is 19.0. The Kier molecular flexibility index (Phi) is 5.52. The number of rotatable bonds is 5. The van der Waals surface area contributed by atoms with Crippen LogP contribution >= 0.6 is 11.6 Å². The molecule has 114 valence electrons. The van der Waals surface area contributed by atoms with Crippen molar-refractivity contribution in [1.29, 1.82) is 10.5 Å². The fraction of sp³-hybridized carbons (Fsp3) is 0.211. The summed E-state index contributed by atoms with van der Waals surface area (Å²) in [6, 6.07) is 18.2. The number of Topliss-reactive ketones (excluding diaryl/α,β-unsaturated/α-hetero) is 1. The van der Waals surface area contributed by atoms with E-state index in [0.717, 1.165) is 11.1 Å². The highest BCUT2D eigenvalue weighted by atomic mass is 35.5. The van der Waals surface area contributed by atoms with Gasteiger partial charge >= 0.3 is 0 Å². The van der Waals surface area contributed by atoms with E-state index in [-0.39, 0.29) is 12.2 Å². The molecule has 4 heteroatoms. The first kappa shape index (κ1) is 16.7. The minimum atomic E-state index is -0.867. The number of nitrogens with zero attached hydrogens (tertiary/aromatic N) is 2. The third-order valence-electron chi connectivity index (χ3n) is 3.76. The molecule has 1 atom stereocenters. The normalized spacial score (nSPS) is 11.5. The van der Waals surface area contributed by atoms with Crippen molar-refractivity contribution in [2.75, 3.05) is 0 Å². The van der Waals surface area contributed by atoms with Crippen LogP contribution in [0.4, 0.5) is 0 Å². The summed E-state index contributed by atoms with van der Waals surface area (Å²) in [5.41, 5.74) is 2.44. The second kappa shape index (κ2) is 7.58. The van der Waals surface area contributed by atoms with Crippen molar-refractivity contribution in [3.05, 3.63) is 70.2 Å². The lowest BCUT2D eigenvalue weighted by molar-refractivity contribution is 0.0971. The van der Waals surface area contributed by atoms with Crippen molar-refractivity contribution in [3.63, 3.8) is 0 Å². The Bertz CT molecular complexity index is 753. The minimum absolute atomic E-state index is 0.108. The van der Waals surface area contributed by atoms with Crippen LogP contribution in [0.2, 0.25) is 5.02 Å². The maximum Gasteiger partial charge on any atom is 0.163 e. The van der Waals surface area contributed by atoms with E-state index >= 15 is 0 Å². The number of hydrogen-bond donors (Lipinski definition) is 0. The lowest BCUT2D eigenvalue weighted by atomic mass is 9.82. The number of benzene rings is 2. The van der Waals surface area contributed by atoms with E-state index in [1.807, 2.05) is 43.3 Å². The maximum absolute atomic E-state index is 12.5. The second-order valence-corrected chi connectivity index (χ2v) is 5.82. The molecule has 0 fully saturated rings. The van der Waals surface area contributed by atoms with E-state index in [1.165, 1.54) is 0 Å². The molecule has 0 saturated heterocycles. The molecular formula is C19H15ClN2O. The van der Waals surface area contributed by atoms with Crippen molar-refractivity contribution in [3.8, 4) is 12.1 Å². The predicted octanol–water partition coefficient (Wildman–Crippen LogP) is 4.67. The molecule has 2 aromatic rings. The largest absolute Gasteiger partial charge is 0.294 e. The fourth-order valence-electron chi connectivity index (χ4n) is 2.40. The van der Waals surface area contributed by atoms with Gasteiger partial charge in [-0.25, -0.2) is 0 Å². The van der Waals surface area contributed by atoms with E-state index in [9.17, 15) is 15.3 Å². The Morgan fingerprint density at radius 2 is 1.61 bits per heavy atom. The third-order valence-corrected chi connectivity index (χ3v) is 4.01. The zero-order chi connectivity index (χ0) is 16.8. The van der Waals surface area contributed by atoms with Crippen LogP contribution in [0.5, 0.6) is 0 Å². The highest BCUT2D eigenvalue weighted by molar-refractivity contribution is 6.30. The van der Waals surface area contributed by atoms with Gasteiger partial charge in [0.1, 0.15) is 5.92 Å². The molecule has 23 heavy (non-hydrogen) atoms. The average Bonchev–Trinajstić information content (AvgIpc) is 2.56. The van der Waals surface area contributed by atoms with Crippen molar-refractivity contribution in [2.24, 2.45) is 5.92 Å². The summed E-state index contributed by atoms with van der Waals surface area (Å²) >= 11 is 5.83. The molecule has 0 aliphatic carbocycles. The summed E-state index contributed by atoms with van der Waals surface area (Å²) in [6.45, 7) is 1.96. The van der Waals surface area contributed by atoms with Crippen LogP contribution in [0.15, 0.2) is 48.5 Å². The Balaban J connectivity index is 2.29. The van der Waals surface area contributed by atoms with E-state index in [1.54, 1.807) is 24.3 Å². The number of nitriles is 2. The number of carbonyl (C=O) groups is 1. The van der Waals surface area contributed by atoms with Gasteiger partial charge in [0.25, 0.3) is 0 Å². The van der Waals surface area contributed by atoms with Crippen LogP contribution in [-0.2, 0) is 0 Å². The number of ketones is 1. The van der Waals surface area contributed by atoms with Crippen LogP contribution in [0.25, 0.3) is 0 Å². The Labute approximate surface area is 140 Å². The fourth-order valence-corrected chi connectivity index (χ4v) is 2.53. The van der Waals surface area contributed by atoms with Gasteiger partial charge in [-0.3, -0.25) is 4.79 Å². The molecule has 0 spiro atoms. The lowest BCUT2D eigenvalue weighted by Crippen LogP contribution is -2.15. The van der Waals surface area contributed by atoms with Crippen molar-refractivity contribution in [2.45, 2.75) is 19.3 Å². The first-order valence-electron chi connectivity index (χ1n) is 7.19. The molecular weight excluding hydrogens is 308 g/mol. The van der Waals surface area contributed by atoms with Crippen LogP contribution in [-0.4, -0.2) is 5.78 Å². The third kappa shape index (κ3) is 4.19. The van der Waals surface area contributed by atoms with E-state index in [4.69, 9.17) is 11.6 Å². The lowest BCUT2D eigenvalue weighted by Gasteiger charge is -2.17. The molecule has 0 aromatic heterocycles. The molecule has 0 heterocycles. The minimum Gasteiger partial charge on any atom is -0.294 e. The zero-order valence-electron chi connectivity index (χ0n) is 12.7. The molecule has 0 bridgehead atoms. The maximum atomic E-state index is 12.5. The van der Waals surface area contributed by atoms with Gasteiger partial charge in [0.05, 0.1) is 12.1 Å². The Morgan fingerprint density at radius 1 is 1.04 bits per heavy atom. The monoisotopic (exact) mass is 322 g/mol. The van der Waals surface area contributed by atoms with Crippen molar-refractivity contribution in [1.82, 2.24) is 0 Å². The smallest absolute Gasteiger partial charge is 0.163 e. The highest BCUT2D eigenvalue weighted by Gasteiger charge is 2.26. The first-order valence-corrected chi connectivity index (χ1v) is 7.57. The van der Waals surface area contributed by atoms with Crippen molar-refractivity contribution < 1.29 is 4.79 Å². The number of carbonyl (C=O) groups excluding carboxylic acids is 1. The summed E-state index contributed by atoms with van der Waals surface area (Å²) in [4.78, 5) is 12.5. The van der Waals surface area contributed by atoms with Crippen LogP contribution in [0.3, 0.4) is 0 Å². The van der Waals surface area contributed by atoms with E-state index < -0.39 is 11.8 Å². The van der Waals surface area contributed by atoms with Gasteiger partial charge in [0, 0.05) is 22.9 Å². The second-order valence-electron chi connectivity index (χ2n) is 5.39. The van der Waals surface area contributed by atoms with E-state index in [2.05, 4.69) is 0 Å². The summed E-state index contributed by atoms with van der Waals surface area (Å²) in [5.74, 6) is -1.43. The van der Waals surface area contributed by atoms with Gasteiger partial charge < -0.3 is 0 Å². The van der Waals surface area contributed by atoms with Crippen LogP contribution < -0.4 is 0 Å². The molecule has 2 aromatic carbocycles. The summed E-state index contributed by atoms with van der Waals surface area (Å²) in [7, 11) is 0. The average molecular weight is 323 g/mol. The quantitative estimate of drug-likeness (QED) is 0.751. The predicted molar refractivity (Wildman–Crippen MR) is 89.0 cm³/mol. The molecule has 0 aliphatic heterocycles. The number of aryl methyl sites for hydroxylation is 1. The standard InChI is InChI=1S/C19H15ClN2O/c1-13-2-4-14(5-3-13)18(16(11-21)12-22)10-19(23)15-6-8-17(20)9-7-15/h2-9,16,18H,10H2,1H3. The van der Waals surface area contributed by atoms with Gasteiger partial charge in [-0.05, 0) is 36.8 Å². The molecule has 0 N–H and O–H groups in total. The van der Waals surface area contributed by atoms with Gasteiger partial charge in [-0.2, -0.15) is 10.5 Å². The van der Waals surface area contributed by atoms with Crippen molar-refractivity contribution >= 4 is 17.4 Å². The molecule has 0 radical (unpaired) electrons. The molecule has 2 rings (SSSR count). The molecule has 3 nitrogen and oxygen atoms in total. The Hall–Kier alpha value is -2.62. The molecule has 0 amide bonds. The van der Waals surface area contributed by atoms with E-state index in [0.29, 0.717) is 10.6 Å². The highest BCUT2D eigenvalue weighted by Crippen LogP contribution is 2.29. The first-order chi connectivity index (χ1) is 11.0. The molecule has 0 saturated carbocycles. The molecule has 1 unspecified atom stereocenters. The van der Waals surface area contributed by atoms with Crippen LogP contribution in [0.1, 0.15) is 33.8 Å². The summed E-state index contributed by atoms with van der Waals surface area (Å²) < 4.78 is 0. The van der Waals surface area contributed by atoms with Gasteiger partial charge in [0.2, 0.25) is 0 Å². The topological polar surface area (TPSA) is 64.7 Å². The van der Waals surface area contributed by atoms with Gasteiger partial charge in [0.15, 0.2) is 5.78 Å². The zero-order valence-corrected chi connectivity index (χ0v) is 13.4. The number of halogens is 1. The summed E-state index contributed by atoms with van der Waals surface area (Å²) in [6.07, 6.45) is 0.108. The van der Waals surface area contributed by atoms with Crippen LogP contribution in [0, 0.1) is 35.5 Å².